The van der Waals surface area contributed by atoms with E-state index in [9.17, 15) is 4.39 Å². The van der Waals surface area contributed by atoms with Gasteiger partial charge in [0.2, 0.25) is 0 Å². The lowest BCUT2D eigenvalue weighted by molar-refractivity contribution is 0.216. The Kier molecular flexibility index (Phi) is 4.55. The summed E-state index contributed by atoms with van der Waals surface area (Å²) in [4.78, 5) is 4.24. The predicted molar refractivity (Wildman–Crippen MR) is 74.6 cm³/mol. The average molecular weight is 272 g/mol. The third kappa shape index (κ3) is 2.89. The molecule has 1 fully saturated rings. The molecule has 0 aliphatic carbocycles. The fourth-order valence-electron chi connectivity index (χ4n) is 2.58. The van der Waals surface area contributed by atoms with Crippen LogP contribution in [0.2, 0.25) is 0 Å². The number of rotatable bonds is 3. The van der Waals surface area contributed by atoms with E-state index in [4.69, 9.17) is 10.5 Å². The van der Waals surface area contributed by atoms with Crippen LogP contribution < -0.4 is 4.90 Å². The monoisotopic (exact) mass is 272 g/mol. The second kappa shape index (κ2) is 6.36. The molecule has 1 aromatic rings. The highest BCUT2D eigenvalue weighted by Gasteiger charge is 2.23. The molecule has 0 spiro atoms. The van der Waals surface area contributed by atoms with Gasteiger partial charge in [0, 0.05) is 26.2 Å². The number of hydrogen-bond donors (Lipinski definition) is 0. The van der Waals surface area contributed by atoms with Crippen LogP contribution in [-0.2, 0) is 0 Å². The molecule has 0 amide bonds. The minimum absolute atomic E-state index is 0.0409. The third-order valence-corrected chi connectivity index (χ3v) is 3.71. The molecule has 1 atom stereocenters. The summed E-state index contributed by atoms with van der Waals surface area (Å²) < 4.78 is 13.1. The van der Waals surface area contributed by atoms with Crippen molar-refractivity contribution in [2.24, 2.45) is 0 Å². The van der Waals surface area contributed by atoms with Crippen molar-refractivity contribution in [3.8, 4) is 12.1 Å². The Morgan fingerprint density at radius 2 is 1.95 bits per heavy atom. The largest absolute Gasteiger partial charge is 0.368 e. The topological polar surface area (TPSA) is 54.1 Å². The second-order valence-corrected chi connectivity index (χ2v) is 4.85. The number of nitrogens with zero attached hydrogens (tertiary/aromatic N) is 4. The van der Waals surface area contributed by atoms with Gasteiger partial charge in [-0.2, -0.15) is 10.5 Å². The van der Waals surface area contributed by atoms with Crippen molar-refractivity contribution in [1.82, 2.24) is 4.90 Å². The van der Waals surface area contributed by atoms with Gasteiger partial charge in [-0.15, -0.1) is 0 Å². The van der Waals surface area contributed by atoms with Gasteiger partial charge < -0.3 is 4.90 Å². The average Bonchev–Trinajstić information content (AvgIpc) is 2.49. The molecule has 1 unspecified atom stereocenters. The number of halogens is 1. The van der Waals surface area contributed by atoms with Crippen LogP contribution in [-0.4, -0.2) is 37.1 Å². The molecule has 20 heavy (non-hydrogen) atoms. The van der Waals surface area contributed by atoms with Crippen LogP contribution in [0, 0.1) is 28.5 Å². The van der Waals surface area contributed by atoms with Crippen molar-refractivity contribution < 1.29 is 4.39 Å². The first kappa shape index (κ1) is 14.3. The molecule has 1 aliphatic rings. The lowest BCUT2D eigenvalue weighted by Gasteiger charge is -2.38. The van der Waals surface area contributed by atoms with Gasteiger partial charge in [-0.25, -0.2) is 4.39 Å². The van der Waals surface area contributed by atoms with Crippen LogP contribution in [0.25, 0.3) is 0 Å². The van der Waals surface area contributed by atoms with Gasteiger partial charge >= 0.3 is 0 Å². The molecule has 1 aromatic carbocycles. The summed E-state index contributed by atoms with van der Waals surface area (Å²) in [5, 5.41) is 18.2. The van der Waals surface area contributed by atoms with Gasteiger partial charge in [0.15, 0.2) is 0 Å². The van der Waals surface area contributed by atoms with E-state index >= 15 is 0 Å². The summed E-state index contributed by atoms with van der Waals surface area (Å²) in [6.07, 6.45) is 0.816. The Morgan fingerprint density at radius 1 is 1.25 bits per heavy atom. The molecule has 0 aromatic heterocycles. The Hall–Kier alpha value is -2.11. The van der Waals surface area contributed by atoms with E-state index in [1.807, 2.05) is 13.0 Å². The van der Waals surface area contributed by atoms with Crippen molar-refractivity contribution >= 4 is 5.69 Å². The molecule has 4 nitrogen and oxygen atoms in total. The summed E-state index contributed by atoms with van der Waals surface area (Å²) >= 11 is 0. The standard InChI is InChI=1S/C15H17FN4/c1-2-14(11-18)19-5-7-20(8-6-19)15-4-3-13(16)9-12(15)10-17/h3-4,9,14H,2,5-8H2,1H3. The maximum Gasteiger partial charge on any atom is 0.124 e. The molecule has 1 heterocycles. The highest BCUT2D eigenvalue weighted by atomic mass is 19.1. The van der Waals surface area contributed by atoms with Gasteiger partial charge in [0.1, 0.15) is 11.9 Å². The Labute approximate surface area is 118 Å². The SMILES string of the molecule is CCC(C#N)N1CCN(c2ccc(F)cc2C#N)CC1. The van der Waals surface area contributed by atoms with E-state index < -0.39 is 0 Å². The van der Waals surface area contributed by atoms with Crippen molar-refractivity contribution in [1.29, 1.82) is 10.5 Å². The number of piperazine rings is 1. The summed E-state index contributed by atoms with van der Waals surface area (Å²) in [6.45, 7) is 5.08. The van der Waals surface area contributed by atoms with E-state index in [0.717, 1.165) is 38.3 Å². The van der Waals surface area contributed by atoms with Gasteiger partial charge in [-0.3, -0.25) is 4.90 Å². The Morgan fingerprint density at radius 3 is 2.50 bits per heavy atom. The number of hydrogen-bond acceptors (Lipinski definition) is 4. The lowest BCUT2D eigenvalue weighted by atomic mass is 10.1. The molecule has 1 aliphatic heterocycles. The molecule has 0 N–H and O–H groups in total. The molecule has 5 heteroatoms. The summed E-state index contributed by atoms with van der Waals surface area (Å²) in [5.41, 5.74) is 1.14. The van der Waals surface area contributed by atoms with E-state index in [-0.39, 0.29) is 11.9 Å². The minimum atomic E-state index is -0.389. The molecule has 2 rings (SSSR count). The summed E-state index contributed by atoms with van der Waals surface area (Å²) in [7, 11) is 0. The van der Waals surface area contributed by atoms with Crippen LogP contribution in [0.15, 0.2) is 18.2 Å². The molecule has 104 valence electrons. The molecular formula is C15H17FN4. The van der Waals surface area contributed by atoms with Crippen molar-refractivity contribution in [2.75, 3.05) is 31.1 Å². The molecule has 0 bridgehead atoms. The van der Waals surface area contributed by atoms with Crippen LogP contribution in [0.1, 0.15) is 18.9 Å². The zero-order chi connectivity index (χ0) is 14.5. The summed E-state index contributed by atoms with van der Waals surface area (Å²) in [5.74, 6) is -0.389. The lowest BCUT2D eigenvalue weighted by Crippen LogP contribution is -2.50. The third-order valence-electron chi connectivity index (χ3n) is 3.71. The first-order valence-electron chi connectivity index (χ1n) is 6.77. The van der Waals surface area contributed by atoms with Crippen molar-refractivity contribution in [2.45, 2.75) is 19.4 Å². The quantitative estimate of drug-likeness (QED) is 0.845. The van der Waals surface area contributed by atoms with Gasteiger partial charge in [-0.1, -0.05) is 6.92 Å². The highest BCUT2D eigenvalue weighted by Crippen LogP contribution is 2.23. The van der Waals surface area contributed by atoms with Crippen LogP contribution >= 0.6 is 0 Å². The first-order chi connectivity index (χ1) is 9.69. The zero-order valence-corrected chi connectivity index (χ0v) is 11.5. The first-order valence-corrected chi connectivity index (χ1v) is 6.77. The van der Waals surface area contributed by atoms with Crippen LogP contribution in [0.4, 0.5) is 10.1 Å². The van der Waals surface area contributed by atoms with Crippen LogP contribution in [0.3, 0.4) is 0 Å². The van der Waals surface area contributed by atoms with Crippen molar-refractivity contribution in [3.63, 3.8) is 0 Å². The van der Waals surface area contributed by atoms with Crippen LogP contribution in [0.5, 0.6) is 0 Å². The van der Waals surface area contributed by atoms with E-state index in [0.29, 0.717) is 5.56 Å². The number of benzene rings is 1. The number of nitriles is 2. The smallest absolute Gasteiger partial charge is 0.124 e. The normalized spacial score (nSPS) is 17.3. The molecule has 0 saturated carbocycles. The highest BCUT2D eigenvalue weighted by molar-refractivity contribution is 5.59. The minimum Gasteiger partial charge on any atom is -0.368 e. The molecule has 1 saturated heterocycles. The van der Waals surface area contributed by atoms with E-state index in [1.54, 1.807) is 6.07 Å². The zero-order valence-electron chi connectivity index (χ0n) is 11.5. The second-order valence-electron chi connectivity index (χ2n) is 4.85. The van der Waals surface area contributed by atoms with Crippen molar-refractivity contribution in [3.05, 3.63) is 29.6 Å². The molecule has 0 radical (unpaired) electrons. The fraction of sp³-hybridized carbons (Fsp3) is 0.467. The Balaban J connectivity index is 2.08. The molecular weight excluding hydrogens is 255 g/mol. The maximum absolute atomic E-state index is 13.1. The van der Waals surface area contributed by atoms with E-state index in [1.165, 1.54) is 12.1 Å². The Bertz CT molecular complexity index is 550. The van der Waals surface area contributed by atoms with E-state index in [2.05, 4.69) is 15.9 Å². The fourth-order valence-corrected chi connectivity index (χ4v) is 2.58. The summed E-state index contributed by atoms with van der Waals surface area (Å²) in [6, 6.07) is 8.62. The van der Waals surface area contributed by atoms with Gasteiger partial charge in [0.25, 0.3) is 0 Å². The maximum atomic E-state index is 13.1. The number of anilines is 1. The predicted octanol–water partition coefficient (Wildman–Crippen LogP) is 2.12. The van der Waals surface area contributed by atoms with Gasteiger partial charge in [-0.05, 0) is 24.6 Å². The van der Waals surface area contributed by atoms with Gasteiger partial charge in [0.05, 0.1) is 23.4 Å².